The minimum atomic E-state index is -0.517. The van der Waals surface area contributed by atoms with E-state index in [1.54, 1.807) is 6.92 Å². The molecule has 1 aromatic rings. The predicted octanol–water partition coefficient (Wildman–Crippen LogP) is 1.87. The highest BCUT2D eigenvalue weighted by Crippen LogP contribution is 2.20. The highest BCUT2D eigenvalue weighted by molar-refractivity contribution is 5.80. The third kappa shape index (κ3) is 5.30. The van der Waals surface area contributed by atoms with Crippen molar-refractivity contribution in [1.82, 2.24) is 5.32 Å². The van der Waals surface area contributed by atoms with E-state index in [1.807, 2.05) is 45.0 Å². The molecular formula is C15H24N2O2. The summed E-state index contributed by atoms with van der Waals surface area (Å²) in [5, 5.41) is 2.83. The van der Waals surface area contributed by atoms with Crippen LogP contribution in [0.2, 0.25) is 0 Å². The second-order valence-corrected chi connectivity index (χ2v) is 5.21. The normalized spacial score (nSPS) is 14.0. The average Bonchev–Trinajstić information content (AvgIpc) is 2.30. The maximum absolute atomic E-state index is 11.8. The average molecular weight is 264 g/mol. The summed E-state index contributed by atoms with van der Waals surface area (Å²) in [5.41, 5.74) is 6.84. The first-order chi connectivity index (χ1) is 8.90. The van der Waals surface area contributed by atoms with Crippen LogP contribution in [0.4, 0.5) is 0 Å². The molecular weight excluding hydrogens is 240 g/mol. The Hall–Kier alpha value is -1.55. The standard InChI is InChI=1S/C15H24N2O2/c1-10(2)17-15(18)12(4)19-14-8-6-5-7-13(14)9-11(3)16/h5-8,10-12H,9,16H2,1-4H3,(H,17,18). The van der Waals surface area contributed by atoms with Crippen LogP contribution in [0, 0.1) is 0 Å². The molecule has 0 radical (unpaired) electrons. The number of nitrogens with two attached hydrogens (primary N) is 1. The van der Waals surface area contributed by atoms with Crippen LogP contribution in [0.15, 0.2) is 24.3 Å². The molecule has 0 aliphatic carbocycles. The third-order valence-corrected chi connectivity index (χ3v) is 2.62. The van der Waals surface area contributed by atoms with Gasteiger partial charge in [-0.2, -0.15) is 0 Å². The smallest absolute Gasteiger partial charge is 0.260 e. The summed E-state index contributed by atoms with van der Waals surface area (Å²) in [6, 6.07) is 7.86. The van der Waals surface area contributed by atoms with E-state index < -0.39 is 6.10 Å². The van der Waals surface area contributed by atoms with E-state index in [0.29, 0.717) is 0 Å². The summed E-state index contributed by atoms with van der Waals surface area (Å²) in [4.78, 5) is 11.8. The Morgan fingerprint density at radius 3 is 2.47 bits per heavy atom. The van der Waals surface area contributed by atoms with Crippen molar-refractivity contribution in [1.29, 1.82) is 0 Å². The summed E-state index contributed by atoms with van der Waals surface area (Å²) >= 11 is 0. The van der Waals surface area contributed by atoms with Crippen LogP contribution in [-0.2, 0) is 11.2 Å². The molecule has 0 saturated heterocycles. The number of ether oxygens (including phenoxy) is 1. The number of nitrogens with one attached hydrogen (secondary N) is 1. The van der Waals surface area contributed by atoms with Gasteiger partial charge in [-0.05, 0) is 45.7 Å². The maximum Gasteiger partial charge on any atom is 0.260 e. The van der Waals surface area contributed by atoms with Crippen LogP contribution >= 0.6 is 0 Å². The number of carbonyl (C=O) groups excluding carboxylic acids is 1. The van der Waals surface area contributed by atoms with Gasteiger partial charge in [0.25, 0.3) is 5.91 Å². The summed E-state index contributed by atoms with van der Waals surface area (Å²) in [6.45, 7) is 7.55. The van der Waals surface area contributed by atoms with E-state index in [9.17, 15) is 4.79 Å². The monoisotopic (exact) mass is 264 g/mol. The zero-order chi connectivity index (χ0) is 14.4. The molecule has 0 aliphatic heterocycles. The van der Waals surface area contributed by atoms with Crippen LogP contribution in [0.5, 0.6) is 5.75 Å². The maximum atomic E-state index is 11.8. The van der Waals surface area contributed by atoms with Crippen molar-refractivity contribution in [3.8, 4) is 5.75 Å². The molecule has 4 nitrogen and oxygen atoms in total. The quantitative estimate of drug-likeness (QED) is 0.824. The lowest BCUT2D eigenvalue weighted by atomic mass is 10.1. The Morgan fingerprint density at radius 2 is 1.89 bits per heavy atom. The largest absolute Gasteiger partial charge is 0.481 e. The predicted molar refractivity (Wildman–Crippen MR) is 77.2 cm³/mol. The summed E-state index contributed by atoms with van der Waals surface area (Å²) in [6.07, 6.45) is 0.214. The van der Waals surface area contributed by atoms with Gasteiger partial charge in [-0.15, -0.1) is 0 Å². The third-order valence-electron chi connectivity index (χ3n) is 2.62. The fourth-order valence-electron chi connectivity index (χ4n) is 1.78. The highest BCUT2D eigenvalue weighted by Gasteiger charge is 2.17. The lowest BCUT2D eigenvalue weighted by Crippen LogP contribution is -2.40. The van der Waals surface area contributed by atoms with Crippen molar-refractivity contribution in [2.45, 2.75) is 52.3 Å². The lowest BCUT2D eigenvalue weighted by molar-refractivity contribution is -0.127. The van der Waals surface area contributed by atoms with E-state index in [-0.39, 0.29) is 18.0 Å². The molecule has 4 heteroatoms. The van der Waals surface area contributed by atoms with Crippen molar-refractivity contribution in [2.24, 2.45) is 5.73 Å². The van der Waals surface area contributed by atoms with Gasteiger partial charge in [0.2, 0.25) is 0 Å². The molecule has 1 rings (SSSR count). The van der Waals surface area contributed by atoms with Crippen molar-refractivity contribution < 1.29 is 9.53 Å². The van der Waals surface area contributed by atoms with Gasteiger partial charge < -0.3 is 15.8 Å². The van der Waals surface area contributed by atoms with Gasteiger partial charge in [0.1, 0.15) is 5.75 Å². The number of rotatable bonds is 6. The highest BCUT2D eigenvalue weighted by atomic mass is 16.5. The Labute approximate surface area is 115 Å². The molecule has 0 saturated carbocycles. The van der Waals surface area contributed by atoms with E-state index in [4.69, 9.17) is 10.5 Å². The van der Waals surface area contributed by atoms with E-state index in [2.05, 4.69) is 5.32 Å². The molecule has 1 aromatic carbocycles. The summed E-state index contributed by atoms with van der Waals surface area (Å²) in [7, 11) is 0. The van der Waals surface area contributed by atoms with Gasteiger partial charge >= 0.3 is 0 Å². The topological polar surface area (TPSA) is 64.3 Å². The SMILES string of the molecule is CC(N)Cc1ccccc1OC(C)C(=O)NC(C)C. The number of hydrogen-bond donors (Lipinski definition) is 2. The summed E-state index contributed by atoms with van der Waals surface area (Å²) in [5.74, 6) is 0.622. The molecule has 0 heterocycles. The zero-order valence-corrected chi connectivity index (χ0v) is 12.1. The minimum absolute atomic E-state index is 0.0598. The molecule has 0 spiro atoms. The van der Waals surface area contributed by atoms with E-state index in [1.165, 1.54) is 0 Å². The van der Waals surface area contributed by atoms with Gasteiger partial charge in [-0.25, -0.2) is 0 Å². The van der Waals surface area contributed by atoms with Crippen molar-refractivity contribution in [2.75, 3.05) is 0 Å². The molecule has 2 atom stereocenters. The van der Waals surface area contributed by atoms with Gasteiger partial charge in [0.05, 0.1) is 0 Å². The first-order valence-electron chi connectivity index (χ1n) is 6.70. The van der Waals surface area contributed by atoms with Crippen LogP contribution < -0.4 is 15.8 Å². The van der Waals surface area contributed by atoms with Crippen LogP contribution in [0.3, 0.4) is 0 Å². The zero-order valence-electron chi connectivity index (χ0n) is 12.1. The lowest BCUT2D eigenvalue weighted by Gasteiger charge is -2.19. The number of para-hydroxylation sites is 1. The summed E-state index contributed by atoms with van der Waals surface area (Å²) < 4.78 is 5.74. The molecule has 2 unspecified atom stereocenters. The number of amides is 1. The molecule has 1 amide bonds. The van der Waals surface area contributed by atoms with Crippen molar-refractivity contribution in [3.63, 3.8) is 0 Å². The molecule has 106 valence electrons. The minimum Gasteiger partial charge on any atom is -0.481 e. The second kappa shape index (κ2) is 7.14. The Balaban J connectivity index is 2.73. The van der Waals surface area contributed by atoms with Crippen molar-refractivity contribution in [3.05, 3.63) is 29.8 Å². The Morgan fingerprint density at radius 1 is 1.26 bits per heavy atom. The van der Waals surface area contributed by atoms with Crippen LogP contribution in [-0.4, -0.2) is 24.1 Å². The molecule has 0 aliphatic rings. The van der Waals surface area contributed by atoms with E-state index >= 15 is 0 Å². The number of hydrogen-bond acceptors (Lipinski definition) is 3. The first-order valence-corrected chi connectivity index (χ1v) is 6.70. The Bertz CT molecular complexity index is 416. The van der Waals surface area contributed by atoms with Crippen LogP contribution in [0.1, 0.15) is 33.3 Å². The Kier molecular flexibility index (Phi) is 5.83. The molecule has 19 heavy (non-hydrogen) atoms. The molecule has 3 N–H and O–H groups in total. The van der Waals surface area contributed by atoms with Gasteiger partial charge in [0, 0.05) is 12.1 Å². The molecule has 0 fully saturated rings. The first kappa shape index (κ1) is 15.5. The number of benzene rings is 1. The van der Waals surface area contributed by atoms with Gasteiger partial charge in [-0.3, -0.25) is 4.79 Å². The van der Waals surface area contributed by atoms with Gasteiger partial charge in [0.15, 0.2) is 6.10 Å². The fourth-order valence-corrected chi connectivity index (χ4v) is 1.78. The molecule has 0 aromatic heterocycles. The fraction of sp³-hybridized carbons (Fsp3) is 0.533. The number of carbonyl (C=O) groups is 1. The van der Waals surface area contributed by atoms with Crippen molar-refractivity contribution >= 4 is 5.91 Å². The second-order valence-electron chi connectivity index (χ2n) is 5.21. The molecule has 0 bridgehead atoms. The van der Waals surface area contributed by atoms with E-state index in [0.717, 1.165) is 17.7 Å². The van der Waals surface area contributed by atoms with Crippen LogP contribution in [0.25, 0.3) is 0 Å². The van der Waals surface area contributed by atoms with Gasteiger partial charge in [-0.1, -0.05) is 18.2 Å².